The maximum Gasteiger partial charge on any atom is 0.244 e. The Bertz CT molecular complexity index is 696. The fraction of sp³-hybridized carbons (Fsp3) is 0.353. The van der Waals surface area contributed by atoms with Crippen LogP contribution in [0.5, 0.6) is 0 Å². The molecule has 0 aliphatic heterocycles. The van der Waals surface area contributed by atoms with Crippen LogP contribution in [0.3, 0.4) is 0 Å². The van der Waals surface area contributed by atoms with Gasteiger partial charge < -0.3 is 15.0 Å². The van der Waals surface area contributed by atoms with Gasteiger partial charge in [0.25, 0.3) is 0 Å². The van der Waals surface area contributed by atoms with Gasteiger partial charge in [-0.25, -0.2) is 0 Å². The van der Waals surface area contributed by atoms with Crippen LogP contribution >= 0.6 is 0 Å². The highest BCUT2D eigenvalue weighted by Crippen LogP contribution is 2.44. The highest BCUT2D eigenvalue weighted by Gasteiger charge is 2.41. The van der Waals surface area contributed by atoms with E-state index in [4.69, 9.17) is 0 Å². The van der Waals surface area contributed by atoms with Crippen molar-refractivity contribution in [1.82, 2.24) is 9.88 Å². The van der Waals surface area contributed by atoms with Gasteiger partial charge in [0, 0.05) is 47.7 Å². The molecule has 4 heteroatoms. The predicted molar refractivity (Wildman–Crippen MR) is 83.7 cm³/mol. The van der Waals surface area contributed by atoms with Gasteiger partial charge in [-0.2, -0.15) is 0 Å². The van der Waals surface area contributed by atoms with Gasteiger partial charge in [0.05, 0.1) is 6.61 Å². The first-order valence-electron chi connectivity index (χ1n) is 7.24. The Morgan fingerprint density at radius 2 is 2.19 bits per heavy atom. The number of carbonyl (C=O) groups is 1. The first kappa shape index (κ1) is 13.9. The molecule has 2 N–H and O–H groups in total. The molecule has 21 heavy (non-hydrogen) atoms. The maximum atomic E-state index is 11.9. The number of aromatic nitrogens is 1. The van der Waals surface area contributed by atoms with Crippen LogP contribution in [0.2, 0.25) is 0 Å². The highest BCUT2D eigenvalue weighted by molar-refractivity contribution is 5.96. The minimum atomic E-state index is -0.109. The van der Waals surface area contributed by atoms with Crippen molar-refractivity contribution in [2.75, 3.05) is 13.2 Å². The molecule has 0 radical (unpaired) electrons. The SMILES string of the molecule is Cn1cc(/C=C/C(=O)NCC2(CO)CC2)c2ccccc21. The molecule has 1 amide bonds. The zero-order valence-electron chi connectivity index (χ0n) is 12.2. The van der Waals surface area contributed by atoms with Crippen molar-refractivity contribution in [3.05, 3.63) is 42.1 Å². The van der Waals surface area contributed by atoms with Crippen LogP contribution in [-0.4, -0.2) is 28.7 Å². The number of hydrogen-bond donors (Lipinski definition) is 2. The molecule has 1 saturated carbocycles. The molecule has 0 bridgehead atoms. The molecule has 110 valence electrons. The van der Waals surface area contributed by atoms with Crippen molar-refractivity contribution in [2.24, 2.45) is 12.5 Å². The Hall–Kier alpha value is -2.07. The molecule has 2 aromatic rings. The van der Waals surface area contributed by atoms with Gasteiger partial charge in [-0.1, -0.05) is 18.2 Å². The monoisotopic (exact) mass is 284 g/mol. The summed E-state index contributed by atoms with van der Waals surface area (Å²) in [4.78, 5) is 11.9. The second-order valence-corrected chi connectivity index (χ2v) is 5.92. The Kier molecular flexibility index (Phi) is 3.55. The summed E-state index contributed by atoms with van der Waals surface area (Å²) in [5.74, 6) is -0.109. The molecular formula is C17H20N2O2. The van der Waals surface area contributed by atoms with E-state index in [1.807, 2.05) is 31.5 Å². The lowest BCUT2D eigenvalue weighted by Crippen LogP contribution is -2.30. The van der Waals surface area contributed by atoms with E-state index in [1.165, 1.54) is 0 Å². The largest absolute Gasteiger partial charge is 0.396 e. The number of aliphatic hydroxyl groups excluding tert-OH is 1. The molecule has 1 aliphatic carbocycles. The van der Waals surface area contributed by atoms with Crippen molar-refractivity contribution >= 4 is 22.9 Å². The van der Waals surface area contributed by atoms with E-state index < -0.39 is 0 Å². The summed E-state index contributed by atoms with van der Waals surface area (Å²) in [6.07, 6.45) is 7.42. The second-order valence-electron chi connectivity index (χ2n) is 5.92. The number of aryl methyl sites for hydroxylation is 1. The van der Waals surface area contributed by atoms with E-state index in [-0.39, 0.29) is 17.9 Å². The quantitative estimate of drug-likeness (QED) is 0.826. The van der Waals surface area contributed by atoms with Crippen molar-refractivity contribution in [3.63, 3.8) is 0 Å². The standard InChI is InChI=1S/C17H20N2O2/c1-19-10-13(14-4-2-3-5-15(14)19)6-7-16(21)18-11-17(12-20)8-9-17/h2-7,10,20H,8-9,11-12H2,1H3,(H,18,21)/b7-6+. The summed E-state index contributed by atoms with van der Waals surface area (Å²) in [5.41, 5.74) is 2.13. The predicted octanol–water partition coefficient (Wildman–Crippen LogP) is 2.08. The molecule has 1 fully saturated rings. The average Bonchev–Trinajstić information content (AvgIpc) is 3.23. The third-order valence-electron chi connectivity index (χ3n) is 4.27. The Morgan fingerprint density at radius 1 is 1.43 bits per heavy atom. The molecule has 4 nitrogen and oxygen atoms in total. The zero-order valence-corrected chi connectivity index (χ0v) is 12.2. The number of fused-ring (bicyclic) bond motifs is 1. The van der Waals surface area contributed by atoms with Crippen LogP contribution < -0.4 is 5.32 Å². The third kappa shape index (κ3) is 2.85. The van der Waals surface area contributed by atoms with Gasteiger partial charge in [-0.3, -0.25) is 4.79 Å². The number of aliphatic hydroxyl groups is 1. The minimum absolute atomic E-state index is 0.0526. The second kappa shape index (κ2) is 5.37. The number of rotatable bonds is 5. The van der Waals surface area contributed by atoms with Gasteiger partial charge in [-0.05, 0) is 25.0 Å². The summed E-state index contributed by atoms with van der Waals surface area (Å²) in [6.45, 7) is 0.711. The van der Waals surface area contributed by atoms with Crippen LogP contribution in [0, 0.1) is 5.41 Å². The number of amides is 1. The lowest BCUT2D eigenvalue weighted by atomic mass is 10.1. The topological polar surface area (TPSA) is 54.3 Å². The van der Waals surface area contributed by atoms with Crippen molar-refractivity contribution in [1.29, 1.82) is 0 Å². The average molecular weight is 284 g/mol. The number of para-hydroxylation sites is 1. The number of carbonyl (C=O) groups excluding carboxylic acids is 1. The molecule has 0 unspecified atom stereocenters. The molecular weight excluding hydrogens is 264 g/mol. The molecule has 1 heterocycles. The first-order chi connectivity index (χ1) is 10.1. The molecule has 1 aromatic heterocycles. The molecule has 0 saturated heterocycles. The Morgan fingerprint density at radius 3 is 2.90 bits per heavy atom. The van der Waals surface area contributed by atoms with Crippen LogP contribution in [0.25, 0.3) is 17.0 Å². The van der Waals surface area contributed by atoms with E-state index in [0.29, 0.717) is 6.54 Å². The molecule has 0 atom stereocenters. The lowest BCUT2D eigenvalue weighted by molar-refractivity contribution is -0.116. The molecule has 0 spiro atoms. The van der Waals surface area contributed by atoms with E-state index in [9.17, 15) is 9.90 Å². The van der Waals surface area contributed by atoms with E-state index in [1.54, 1.807) is 6.08 Å². The Labute approximate surface area is 124 Å². The molecule has 3 rings (SSSR count). The fourth-order valence-corrected chi connectivity index (χ4v) is 2.57. The number of nitrogens with zero attached hydrogens (tertiary/aromatic N) is 1. The zero-order chi connectivity index (χ0) is 14.9. The van der Waals surface area contributed by atoms with Crippen LogP contribution in [0.15, 0.2) is 36.5 Å². The van der Waals surface area contributed by atoms with Crippen molar-refractivity contribution in [3.8, 4) is 0 Å². The number of nitrogens with one attached hydrogen (secondary N) is 1. The summed E-state index contributed by atoms with van der Waals surface area (Å²) < 4.78 is 2.05. The van der Waals surface area contributed by atoms with Crippen LogP contribution in [-0.2, 0) is 11.8 Å². The summed E-state index contributed by atoms with van der Waals surface area (Å²) in [6, 6.07) is 8.12. The Balaban J connectivity index is 1.68. The first-order valence-corrected chi connectivity index (χ1v) is 7.24. The van der Waals surface area contributed by atoms with Crippen molar-refractivity contribution in [2.45, 2.75) is 12.8 Å². The minimum Gasteiger partial charge on any atom is -0.396 e. The van der Waals surface area contributed by atoms with Gasteiger partial charge >= 0.3 is 0 Å². The van der Waals surface area contributed by atoms with E-state index >= 15 is 0 Å². The summed E-state index contributed by atoms with van der Waals surface area (Å²) in [7, 11) is 2.00. The third-order valence-corrected chi connectivity index (χ3v) is 4.27. The van der Waals surface area contributed by atoms with E-state index in [2.05, 4.69) is 22.0 Å². The highest BCUT2D eigenvalue weighted by atomic mass is 16.3. The summed E-state index contributed by atoms with van der Waals surface area (Å²) >= 11 is 0. The lowest BCUT2D eigenvalue weighted by Gasteiger charge is -2.10. The van der Waals surface area contributed by atoms with Crippen LogP contribution in [0.4, 0.5) is 0 Å². The fourth-order valence-electron chi connectivity index (χ4n) is 2.57. The molecule has 1 aliphatic rings. The van der Waals surface area contributed by atoms with Gasteiger partial charge in [-0.15, -0.1) is 0 Å². The van der Waals surface area contributed by atoms with Gasteiger partial charge in [0.1, 0.15) is 0 Å². The van der Waals surface area contributed by atoms with Crippen LogP contribution in [0.1, 0.15) is 18.4 Å². The van der Waals surface area contributed by atoms with E-state index in [0.717, 1.165) is 29.3 Å². The smallest absolute Gasteiger partial charge is 0.244 e. The van der Waals surface area contributed by atoms with Gasteiger partial charge in [0.2, 0.25) is 5.91 Å². The maximum absolute atomic E-state index is 11.9. The molecule has 1 aromatic carbocycles. The normalized spacial score (nSPS) is 16.5. The number of benzene rings is 1. The van der Waals surface area contributed by atoms with Gasteiger partial charge in [0.15, 0.2) is 0 Å². The van der Waals surface area contributed by atoms with Crippen molar-refractivity contribution < 1.29 is 9.90 Å². The number of hydrogen-bond acceptors (Lipinski definition) is 2. The summed E-state index contributed by atoms with van der Waals surface area (Å²) in [5, 5.41) is 13.2.